The maximum Gasteiger partial charge on any atom is 1.00 e. The van der Waals surface area contributed by atoms with E-state index in [9.17, 15) is 29.4 Å². The van der Waals surface area contributed by atoms with E-state index in [1.165, 1.54) is 18.2 Å². The molecule has 0 bridgehead atoms. The number of pyridine rings is 5. The van der Waals surface area contributed by atoms with Crippen molar-refractivity contribution in [2.75, 3.05) is 0 Å². The van der Waals surface area contributed by atoms with Crippen LogP contribution in [-0.2, 0) is 36.9 Å². The number of rotatable bonds is 4. The molecule has 258 valence electrons. The number of aromatic carboxylic acids is 3. The molecule has 4 aliphatic rings. The Morgan fingerprint density at radius 2 is 1.09 bits per heavy atom. The van der Waals surface area contributed by atoms with Crippen LogP contribution in [0.5, 0.6) is 0 Å². The molecule has 9 rings (SSSR count). The SMILES string of the molecule is NC1N=C2C(=CC1C=O)CCc1ccc(C(=O)O)nc12.O=C([O-])c1ccc2c(n1)-c1nc3nc4c(cc3cc1CC2)CCc1ccc(C(=O)[O-])nc1-4.[K+].[K+]. The Balaban J connectivity index is 0.000000196. The van der Waals surface area contributed by atoms with E-state index >= 15 is 0 Å². The molecule has 0 spiro atoms. The molecular formula is C38H27K2N7O7. The fraction of sp³-hybridized carbons (Fsp3) is 0.211. The molecule has 16 heteroatoms. The smallest absolute Gasteiger partial charge is 0.543 e. The molecule has 3 aliphatic carbocycles. The van der Waals surface area contributed by atoms with Gasteiger partial charge in [-0.1, -0.05) is 24.3 Å². The topological polar surface area (TPSA) is 237 Å². The minimum absolute atomic E-state index is 0. The Labute approximate surface area is 392 Å². The zero-order valence-corrected chi connectivity index (χ0v) is 35.6. The van der Waals surface area contributed by atoms with E-state index in [0.29, 0.717) is 39.8 Å². The molecule has 6 heterocycles. The molecule has 0 aromatic carbocycles. The van der Waals surface area contributed by atoms with E-state index < -0.39 is 30.0 Å². The molecule has 5 aromatic heterocycles. The van der Waals surface area contributed by atoms with Crippen molar-refractivity contribution in [3.63, 3.8) is 0 Å². The summed E-state index contributed by atoms with van der Waals surface area (Å²) in [6.45, 7) is 0. The minimum Gasteiger partial charge on any atom is -0.543 e. The third-order valence-corrected chi connectivity index (χ3v) is 9.73. The third-order valence-electron chi connectivity index (χ3n) is 9.73. The Hall–Kier alpha value is -3.27. The number of aryl methyl sites for hydroxylation is 5. The van der Waals surface area contributed by atoms with Crippen LogP contribution in [0.15, 0.2) is 65.2 Å². The Morgan fingerprint density at radius 1 is 0.648 bits per heavy atom. The van der Waals surface area contributed by atoms with Gasteiger partial charge in [-0.3, -0.25) is 4.99 Å². The van der Waals surface area contributed by atoms with Crippen molar-refractivity contribution >= 4 is 40.9 Å². The van der Waals surface area contributed by atoms with E-state index in [-0.39, 0.29) is 120 Å². The van der Waals surface area contributed by atoms with E-state index in [1.807, 2.05) is 18.2 Å². The quantitative estimate of drug-likeness (QED) is 0.129. The Kier molecular flexibility index (Phi) is 12.3. The van der Waals surface area contributed by atoms with Gasteiger partial charge in [0.2, 0.25) is 0 Å². The molecule has 54 heavy (non-hydrogen) atoms. The number of aromatic nitrogens is 5. The first-order chi connectivity index (χ1) is 25.1. The number of nitrogens with zero attached hydrogens (tertiary/aromatic N) is 6. The van der Waals surface area contributed by atoms with Gasteiger partial charge in [0.25, 0.3) is 0 Å². The average molecular weight is 772 g/mol. The Bertz CT molecular complexity index is 2380. The molecule has 0 fully saturated rings. The van der Waals surface area contributed by atoms with Gasteiger partial charge in [0, 0.05) is 5.39 Å². The van der Waals surface area contributed by atoms with Crippen LogP contribution in [0.2, 0.25) is 0 Å². The van der Waals surface area contributed by atoms with Crippen molar-refractivity contribution in [3.05, 3.63) is 111 Å². The average Bonchev–Trinajstić information content (AvgIpc) is 3.15. The van der Waals surface area contributed by atoms with Gasteiger partial charge >= 0.3 is 109 Å². The molecule has 5 aromatic rings. The van der Waals surface area contributed by atoms with E-state index in [1.54, 1.807) is 18.2 Å². The van der Waals surface area contributed by atoms with E-state index in [0.717, 1.165) is 83.6 Å². The zero-order valence-electron chi connectivity index (χ0n) is 29.3. The zero-order chi connectivity index (χ0) is 36.3. The van der Waals surface area contributed by atoms with Gasteiger partial charge in [0.15, 0.2) is 5.65 Å². The first-order valence-electron chi connectivity index (χ1n) is 16.6. The van der Waals surface area contributed by atoms with Gasteiger partial charge < -0.3 is 35.4 Å². The van der Waals surface area contributed by atoms with Crippen molar-refractivity contribution in [1.82, 2.24) is 24.9 Å². The normalized spacial score (nSPS) is 17.0. The van der Waals surface area contributed by atoms with Crippen LogP contribution in [0.25, 0.3) is 33.8 Å². The Morgan fingerprint density at radius 3 is 1.59 bits per heavy atom. The van der Waals surface area contributed by atoms with Crippen molar-refractivity contribution in [2.45, 2.75) is 44.7 Å². The standard InChI is InChI=1S/C24H16N4O4.C14H13N3O3.2K/c29-23(30)16-7-5-11-1-3-13-9-15-10-14-4-2-12-6-8-17(24(31)32)26-19(12)21(14)28-22(15)27-20(13)18(11)25-16;15-13-9(6-18)5-8-2-1-7-3-4-10(14(19)20)16-11(7)12(8)17-13;;/h5-10H,1-4H2,(H,29,30)(H,31,32);3-6,9,13H,1-2,15H2,(H,19,20);;/q;;2*+1/p-2. The van der Waals surface area contributed by atoms with Crippen molar-refractivity contribution in [1.29, 1.82) is 0 Å². The van der Waals surface area contributed by atoms with Crippen LogP contribution in [0, 0.1) is 5.92 Å². The molecule has 3 N–H and O–H groups in total. The van der Waals surface area contributed by atoms with Crippen LogP contribution < -0.4 is 119 Å². The van der Waals surface area contributed by atoms with Crippen LogP contribution in [0.1, 0.15) is 71.4 Å². The van der Waals surface area contributed by atoms with Gasteiger partial charge in [0.1, 0.15) is 18.1 Å². The number of dihydropyridines is 1. The summed E-state index contributed by atoms with van der Waals surface area (Å²) in [7, 11) is 0. The van der Waals surface area contributed by atoms with Crippen LogP contribution in [-0.4, -0.2) is 66.1 Å². The number of hydrogen-bond acceptors (Lipinski definition) is 13. The second-order valence-electron chi connectivity index (χ2n) is 12.9. The fourth-order valence-corrected chi connectivity index (χ4v) is 7.08. The fourth-order valence-electron chi connectivity index (χ4n) is 7.08. The number of carbonyl (C=O) groups excluding carboxylic acids is 3. The number of aldehydes is 1. The largest absolute Gasteiger partial charge is 1.00 e. The van der Waals surface area contributed by atoms with Gasteiger partial charge in [0.05, 0.1) is 63.4 Å². The molecule has 1 aliphatic heterocycles. The number of nitrogens with two attached hydrogens (primary N) is 1. The van der Waals surface area contributed by atoms with Crippen molar-refractivity contribution in [2.24, 2.45) is 16.6 Å². The summed E-state index contributed by atoms with van der Waals surface area (Å²) in [5, 5.41) is 32.5. The molecule has 2 atom stereocenters. The van der Waals surface area contributed by atoms with E-state index in [4.69, 9.17) is 20.8 Å². The predicted molar refractivity (Wildman–Crippen MR) is 181 cm³/mol. The molecular weight excluding hydrogens is 745 g/mol. The van der Waals surface area contributed by atoms with Gasteiger partial charge in [-0.25, -0.2) is 29.7 Å². The van der Waals surface area contributed by atoms with Gasteiger partial charge in [-0.2, -0.15) is 0 Å². The third kappa shape index (κ3) is 7.62. The predicted octanol–water partition coefficient (Wildman–Crippen LogP) is -4.76. The molecule has 0 saturated carbocycles. The van der Waals surface area contributed by atoms with Crippen molar-refractivity contribution in [3.8, 4) is 22.8 Å². The van der Waals surface area contributed by atoms with Crippen LogP contribution in [0.3, 0.4) is 0 Å². The molecule has 14 nitrogen and oxygen atoms in total. The summed E-state index contributed by atoms with van der Waals surface area (Å²) in [5.74, 6) is -4.16. The monoisotopic (exact) mass is 771 g/mol. The first-order valence-corrected chi connectivity index (χ1v) is 16.6. The summed E-state index contributed by atoms with van der Waals surface area (Å²) < 4.78 is 0. The minimum atomic E-state index is -1.33. The maximum atomic E-state index is 11.3. The van der Waals surface area contributed by atoms with Crippen molar-refractivity contribution < 1.29 is 137 Å². The molecule has 0 radical (unpaired) electrons. The number of fused-ring (bicyclic) bond motifs is 10. The number of carboxylic acids is 3. The van der Waals surface area contributed by atoms with E-state index in [2.05, 4.69) is 19.9 Å². The summed E-state index contributed by atoms with van der Waals surface area (Å²) in [5.41, 5.74) is 15.2. The second kappa shape index (κ2) is 16.5. The number of aliphatic imine (C=N–C) groups is 1. The summed E-state index contributed by atoms with van der Waals surface area (Å²) in [4.78, 5) is 71.1. The molecule has 0 amide bonds. The summed E-state index contributed by atoms with van der Waals surface area (Å²) >= 11 is 0. The number of allylic oxidation sites excluding steroid dienone is 1. The number of carboxylic acid groups (broad SMARTS) is 3. The van der Waals surface area contributed by atoms with Gasteiger partial charge in [-0.05, 0) is 102 Å². The maximum absolute atomic E-state index is 11.3. The second-order valence-corrected chi connectivity index (χ2v) is 12.9. The van der Waals surface area contributed by atoms with Gasteiger partial charge in [-0.15, -0.1) is 0 Å². The summed E-state index contributed by atoms with van der Waals surface area (Å²) in [6, 6.07) is 13.7. The molecule has 2 unspecified atom stereocenters. The van der Waals surface area contributed by atoms with Crippen LogP contribution >= 0.6 is 0 Å². The first kappa shape index (κ1) is 40.4. The van der Waals surface area contributed by atoms with Crippen LogP contribution in [0.4, 0.5) is 0 Å². The summed E-state index contributed by atoms with van der Waals surface area (Å²) in [6.07, 6.45) is 6.53. The number of carbonyl (C=O) groups is 4. The number of hydrogen-bond donors (Lipinski definition) is 2. The molecule has 0 saturated heterocycles.